The van der Waals surface area contributed by atoms with Crippen LogP contribution in [-0.2, 0) is 20.0 Å². The van der Waals surface area contributed by atoms with Gasteiger partial charge in [-0.3, -0.25) is 4.79 Å². The average Bonchev–Trinajstić information content (AvgIpc) is 3.41. The van der Waals surface area contributed by atoms with Crippen LogP contribution in [-0.4, -0.2) is 36.1 Å². The number of benzene rings is 1. The van der Waals surface area contributed by atoms with Gasteiger partial charge in [0.1, 0.15) is 10.5 Å². The van der Waals surface area contributed by atoms with Crippen molar-refractivity contribution in [1.82, 2.24) is 15.3 Å². The third kappa shape index (κ3) is 3.14. The minimum absolute atomic E-state index is 0.0416. The molecule has 33 heavy (non-hydrogen) atoms. The lowest BCUT2D eigenvalue weighted by atomic mass is 9.38. The van der Waals surface area contributed by atoms with Crippen LogP contribution in [0.3, 0.4) is 0 Å². The van der Waals surface area contributed by atoms with Gasteiger partial charge in [-0.05, 0) is 74.6 Å². The lowest BCUT2D eigenvalue weighted by molar-refractivity contribution is -0.0838. The number of nitrogens with one attached hydrogen (secondary N) is 1. The molecule has 0 atom stereocenters. The van der Waals surface area contributed by atoms with E-state index in [1.54, 1.807) is 18.3 Å². The Balaban J connectivity index is 1.14. The molecule has 4 fully saturated rings. The quantitative estimate of drug-likeness (QED) is 0.568. The second-order valence-corrected chi connectivity index (χ2v) is 12.5. The van der Waals surface area contributed by atoms with Crippen LogP contribution in [0.15, 0.2) is 53.1 Å². The summed E-state index contributed by atoms with van der Waals surface area (Å²) in [6.07, 6.45) is 6.48. The van der Waals surface area contributed by atoms with Crippen molar-refractivity contribution in [3.63, 3.8) is 0 Å². The lowest BCUT2D eigenvalue weighted by Crippen LogP contribution is -2.76. The van der Waals surface area contributed by atoms with E-state index in [2.05, 4.69) is 10.3 Å². The first-order chi connectivity index (χ1) is 15.6. The summed E-state index contributed by atoms with van der Waals surface area (Å²) in [7, 11) is -3.29. The van der Waals surface area contributed by atoms with E-state index in [4.69, 9.17) is 21.0 Å². The molecule has 3 aromatic rings. The molecule has 0 unspecified atom stereocenters. The number of hydrogen-bond donors (Lipinski definition) is 1. The minimum Gasteiger partial charge on any atom is -0.454 e. The number of furan rings is 1. The predicted molar refractivity (Wildman–Crippen MR) is 123 cm³/mol. The maximum absolute atomic E-state index is 12.8. The molecule has 2 bridgehead atoms. The van der Waals surface area contributed by atoms with Crippen molar-refractivity contribution in [2.75, 3.05) is 6.26 Å². The number of carbonyl (C=O) groups excluding carboxylic acids is 1. The van der Waals surface area contributed by atoms with E-state index in [9.17, 15) is 13.2 Å². The van der Waals surface area contributed by atoms with Crippen molar-refractivity contribution in [2.24, 2.45) is 0 Å². The van der Waals surface area contributed by atoms with Crippen molar-refractivity contribution in [1.29, 1.82) is 0 Å². The molecule has 0 saturated heterocycles. The number of halogens is 1. The Kier molecular flexibility index (Phi) is 4.22. The Hall–Kier alpha value is -2.71. The zero-order valence-electron chi connectivity index (χ0n) is 18.0. The number of nitrogens with zero attached hydrogens (tertiary/aromatic N) is 2. The summed E-state index contributed by atoms with van der Waals surface area (Å²) in [5, 5.41) is 3.77. The van der Waals surface area contributed by atoms with Gasteiger partial charge in [0.25, 0.3) is 5.91 Å². The standard InChI is InChI=1S/C24H22ClN3O4S/c1-33(30,31)24(9-10-24)19-7-6-17(32-19)21(29)28-23-12-22(13-23,14-23)18-8-11-26-20(27-18)15-2-4-16(25)5-3-15/h2-8,11H,9-10,12-14H2,1H3,(H,28,29). The number of rotatable bonds is 6. The van der Waals surface area contributed by atoms with Gasteiger partial charge < -0.3 is 9.73 Å². The molecule has 0 radical (unpaired) electrons. The number of amides is 1. The van der Waals surface area contributed by atoms with Gasteiger partial charge in [0.15, 0.2) is 21.4 Å². The summed E-state index contributed by atoms with van der Waals surface area (Å²) in [4.78, 5) is 22.0. The smallest absolute Gasteiger partial charge is 0.287 e. The SMILES string of the molecule is CS(=O)(=O)C1(c2ccc(C(=O)NC34CC(c5ccnc(-c6ccc(Cl)cc6)n5)(C3)C4)o2)CC1. The van der Waals surface area contributed by atoms with Crippen LogP contribution in [0.25, 0.3) is 11.4 Å². The zero-order valence-corrected chi connectivity index (χ0v) is 19.5. The second kappa shape index (κ2) is 6.67. The highest BCUT2D eigenvalue weighted by Gasteiger charge is 2.70. The molecule has 9 heteroatoms. The molecular formula is C24H22ClN3O4S. The Morgan fingerprint density at radius 3 is 2.39 bits per heavy atom. The number of hydrogen-bond acceptors (Lipinski definition) is 6. The Labute approximate surface area is 196 Å². The monoisotopic (exact) mass is 483 g/mol. The van der Waals surface area contributed by atoms with Gasteiger partial charge in [0.2, 0.25) is 0 Å². The van der Waals surface area contributed by atoms with Crippen molar-refractivity contribution in [3.8, 4) is 11.4 Å². The zero-order chi connectivity index (χ0) is 23.1. The van der Waals surface area contributed by atoms with Crippen molar-refractivity contribution < 1.29 is 17.6 Å². The fourth-order valence-electron chi connectivity index (χ4n) is 5.50. The first-order valence-corrected chi connectivity index (χ1v) is 13.1. The second-order valence-electron chi connectivity index (χ2n) is 9.75. The van der Waals surface area contributed by atoms with Crippen molar-refractivity contribution in [3.05, 3.63) is 70.9 Å². The minimum atomic E-state index is -3.29. The van der Waals surface area contributed by atoms with Gasteiger partial charge >= 0.3 is 0 Å². The summed E-state index contributed by atoms with van der Waals surface area (Å²) < 4.78 is 29.0. The summed E-state index contributed by atoms with van der Waals surface area (Å²) in [5.41, 5.74) is 1.60. The van der Waals surface area contributed by atoms with E-state index >= 15 is 0 Å². The predicted octanol–water partition coefficient (Wildman–Crippen LogP) is 4.03. The van der Waals surface area contributed by atoms with Gasteiger partial charge in [-0.1, -0.05) is 11.6 Å². The van der Waals surface area contributed by atoms with Gasteiger partial charge in [-0.15, -0.1) is 0 Å². The summed E-state index contributed by atoms with van der Waals surface area (Å²) in [5.74, 6) is 0.879. The van der Waals surface area contributed by atoms with Gasteiger partial charge in [0, 0.05) is 34.0 Å². The molecule has 2 heterocycles. The van der Waals surface area contributed by atoms with Crippen molar-refractivity contribution in [2.45, 2.75) is 47.8 Å². The Bertz CT molecular complexity index is 1370. The lowest BCUT2D eigenvalue weighted by Gasteiger charge is -2.70. The van der Waals surface area contributed by atoms with E-state index < -0.39 is 14.6 Å². The molecule has 4 aliphatic carbocycles. The van der Waals surface area contributed by atoms with E-state index in [0.29, 0.717) is 29.4 Å². The van der Waals surface area contributed by atoms with E-state index in [-0.39, 0.29) is 22.6 Å². The Morgan fingerprint density at radius 1 is 1.06 bits per heavy atom. The molecule has 170 valence electrons. The topological polar surface area (TPSA) is 102 Å². The van der Waals surface area contributed by atoms with Crippen LogP contribution in [0.4, 0.5) is 0 Å². The molecule has 4 saturated carbocycles. The molecular weight excluding hydrogens is 462 g/mol. The van der Waals surface area contributed by atoms with Crippen LogP contribution in [0.2, 0.25) is 5.02 Å². The molecule has 2 aromatic heterocycles. The number of aromatic nitrogens is 2. The fourth-order valence-corrected chi connectivity index (χ4v) is 6.95. The maximum Gasteiger partial charge on any atom is 0.287 e. The normalized spacial score (nSPS) is 26.7. The molecule has 7 rings (SSSR count). The van der Waals surface area contributed by atoms with Crippen LogP contribution in [0.5, 0.6) is 0 Å². The van der Waals surface area contributed by atoms with E-state index in [1.807, 2.05) is 30.3 Å². The van der Waals surface area contributed by atoms with Crippen LogP contribution in [0.1, 0.15) is 54.1 Å². The van der Waals surface area contributed by atoms with Crippen LogP contribution < -0.4 is 5.32 Å². The first kappa shape index (κ1) is 20.9. The summed E-state index contributed by atoms with van der Waals surface area (Å²) in [6.45, 7) is 0. The molecule has 4 aliphatic rings. The van der Waals surface area contributed by atoms with E-state index in [0.717, 1.165) is 30.5 Å². The highest BCUT2D eigenvalue weighted by atomic mass is 35.5. The largest absolute Gasteiger partial charge is 0.454 e. The fraction of sp³-hybridized carbons (Fsp3) is 0.375. The van der Waals surface area contributed by atoms with E-state index in [1.165, 1.54) is 6.26 Å². The third-order valence-electron chi connectivity index (χ3n) is 7.40. The van der Waals surface area contributed by atoms with Gasteiger partial charge in [-0.2, -0.15) is 0 Å². The highest BCUT2D eigenvalue weighted by molar-refractivity contribution is 7.91. The third-order valence-corrected chi connectivity index (χ3v) is 9.68. The number of carbonyl (C=O) groups is 1. The first-order valence-electron chi connectivity index (χ1n) is 10.9. The number of sulfone groups is 1. The molecule has 1 amide bonds. The molecule has 1 N–H and O–H groups in total. The summed E-state index contributed by atoms with van der Waals surface area (Å²) >= 11 is 5.98. The van der Waals surface area contributed by atoms with Crippen LogP contribution in [0, 0.1) is 0 Å². The van der Waals surface area contributed by atoms with Crippen LogP contribution >= 0.6 is 11.6 Å². The molecule has 0 spiro atoms. The van der Waals surface area contributed by atoms with Gasteiger partial charge in [-0.25, -0.2) is 18.4 Å². The van der Waals surface area contributed by atoms with Gasteiger partial charge in [0.05, 0.1) is 5.69 Å². The van der Waals surface area contributed by atoms with Crippen molar-refractivity contribution >= 4 is 27.3 Å². The average molecular weight is 484 g/mol. The highest BCUT2D eigenvalue weighted by Crippen LogP contribution is 2.67. The molecule has 1 aromatic carbocycles. The summed E-state index contributed by atoms with van der Waals surface area (Å²) in [6, 6.07) is 12.6. The maximum atomic E-state index is 12.8. The Morgan fingerprint density at radius 2 is 1.76 bits per heavy atom. The molecule has 0 aliphatic heterocycles. The molecule has 7 nitrogen and oxygen atoms in total.